The molecule has 1 aliphatic rings. The summed E-state index contributed by atoms with van der Waals surface area (Å²) in [6.07, 6.45) is 0.416. The molecule has 0 bridgehead atoms. The van der Waals surface area contributed by atoms with E-state index in [1.165, 1.54) is 6.07 Å². The van der Waals surface area contributed by atoms with E-state index in [0.29, 0.717) is 24.1 Å². The highest BCUT2D eigenvalue weighted by Crippen LogP contribution is 2.35. The molecule has 1 aliphatic heterocycles. The molecule has 0 saturated carbocycles. The molecule has 1 amide bonds. The van der Waals surface area contributed by atoms with Gasteiger partial charge >= 0.3 is 12.1 Å². The van der Waals surface area contributed by atoms with E-state index < -0.39 is 17.7 Å². The Morgan fingerprint density at radius 3 is 2.74 bits per heavy atom. The van der Waals surface area contributed by atoms with Crippen molar-refractivity contribution in [3.63, 3.8) is 0 Å². The number of ether oxygens (including phenoxy) is 2. The number of carbonyl (C=O) groups is 2. The Bertz CT molecular complexity index is 848. The average molecular weight is 395 g/mol. The van der Waals surface area contributed by atoms with Crippen LogP contribution >= 0.6 is 11.6 Å². The minimum Gasteiger partial charge on any atom is -0.454 e. The van der Waals surface area contributed by atoms with E-state index in [1.807, 2.05) is 0 Å². The number of rotatable bonds is 2. The lowest BCUT2D eigenvalue weighted by molar-refractivity contribution is 0.00381. The maximum atomic E-state index is 12.4. The number of hydrogen-bond donors (Lipinski definition) is 1. The molecular formula is C19H23ClN2O5. The van der Waals surface area contributed by atoms with Gasteiger partial charge < -0.3 is 24.1 Å². The standard InChI is InChI=1S/C19H23ClN2O5/c1-19(2,3)27-17(23)15-11-12-13(25-15)5-6-14(16(12)20)26-18(24)22-9-4-7-21-8-10-22/h5-6,11,21H,4,7-10H2,1-3H3. The van der Waals surface area contributed by atoms with Crippen LogP contribution in [0.1, 0.15) is 37.7 Å². The summed E-state index contributed by atoms with van der Waals surface area (Å²) < 4.78 is 16.3. The lowest BCUT2D eigenvalue weighted by atomic mass is 10.2. The Morgan fingerprint density at radius 2 is 2.00 bits per heavy atom. The van der Waals surface area contributed by atoms with E-state index >= 15 is 0 Å². The molecule has 1 fully saturated rings. The van der Waals surface area contributed by atoms with Gasteiger partial charge in [-0.3, -0.25) is 0 Å². The zero-order valence-corrected chi connectivity index (χ0v) is 16.4. The molecule has 146 valence electrons. The van der Waals surface area contributed by atoms with Crippen LogP contribution in [0.5, 0.6) is 5.75 Å². The molecule has 1 aromatic heterocycles. The maximum absolute atomic E-state index is 12.4. The van der Waals surface area contributed by atoms with Crippen LogP contribution < -0.4 is 10.1 Å². The molecule has 1 aromatic carbocycles. The van der Waals surface area contributed by atoms with Gasteiger partial charge in [0.1, 0.15) is 11.2 Å². The summed E-state index contributed by atoms with van der Waals surface area (Å²) in [5.74, 6) is -0.308. The van der Waals surface area contributed by atoms with Crippen LogP contribution in [0.15, 0.2) is 22.6 Å². The summed E-state index contributed by atoms with van der Waals surface area (Å²) in [5, 5.41) is 3.93. The Balaban J connectivity index is 1.80. The highest BCUT2D eigenvalue weighted by atomic mass is 35.5. The molecule has 1 N–H and O–H groups in total. The third-order valence-corrected chi connectivity index (χ3v) is 4.39. The highest BCUT2D eigenvalue weighted by Gasteiger charge is 2.24. The molecule has 7 nitrogen and oxygen atoms in total. The Labute approximate surface area is 162 Å². The average Bonchev–Trinajstić information content (AvgIpc) is 2.83. The van der Waals surface area contributed by atoms with Gasteiger partial charge in [0.15, 0.2) is 5.75 Å². The van der Waals surface area contributed by atoms with Crippen LogP contribution in [0, 0.1) is 0 Å². The lowest BCUT2D eigenvalue weighted by Gasteiger charge is -2.19. The Kier molecular flexibility index (Phi) is 5.62. The number of amides is 1. The molecule has 0 radical (unpaired) electrons. The third-order valence-electron chi connectivity index (χ3n) is 4.00. The van der Waals surface area contributed by atoms with Crippen molar-refractivity contribution in [2.24, 2.45) is 0 Å². The van der Waals surface area contributed by atoms with Crippen LogP contribution in [0.25, 0.3) is 11.0 Å². The molecule has 2 heterocycles. The van der Waals surface area contributed by atoms with Crippen molar-refractivity contribution in [3.8, 4) is 5.75 Å². The number of nitrogens with zero attached hydrogens (tertiary/aromatic N) is 1. The van der Waals surface area contributed by atoms with Crippen LogP contribution in [-0.4, -0.2) is 48.7 Å². The molecule has 27 heavy (non-hydrogen) atoms. The zero-order chi connectivity index (χ0) is 19.6. The first-order valence-corrected chi connectivity index (χ1v) is 9.25. The normalized spacial score (nSPS) is 15.5. The van der Waals surface area contributed by atoms with Crippen molar-refractivity contribution >= 4 is 34.6 Å². The van der Waals surface area contributed by atoms with Crippen LogP contribution in [0.4, 0.5) is 4.79 Å². The van der Waals surface area contributed by atoms with Gasteiger partial charge in [-0.05, 0) is 45.9 Å². The quantitative estimate of drug-likeness (QED) is 0.779. The number of esters is 1. The van der Waals surface area contributed by atoms with E-state index in [4.69, 9.17) is 25.5 Å². The second-order valence-electron chi connectivity index (χ2n) is 7.36. The molecule has 8 heteroatoms. The van der Waals surface area contributed by atoms with Gasteiger partial charge in [-0.1, -0.05) is 11.6 Å². The van der Waals surface area contributed by atoms with Crippen LogP contribution in [-0.2, 0) is 4.74 Å². The lowest BCUT2D eigenvalue weighted by Crippen LogP contribution is -2.36. The van der Waals surface area contributed by atoms with Crippen molar-refractivity contribution in [1.29, 1.82) is 0 Å². The van der Waals surface area contributed by atoms with Crippen molar-refractivity contribution in [2.45, 2.75) is 32.8 Å². The summed E-state index contributed by atoms with van der Waals surface area (Å²) in [6, 6.07) is 4.67. The first kappa shape index (κ1) is 19.5. The van der Waals surface area contributed by atoms with E-state index in [2.05, 4.69) is 5.32 Å². The fourth-order valence-electron chi connectivity index (χ4n) is 2.75. The third kappa shape index (κ3) is 4.73. The van der Waals surface area contributed by atoms with Crippen LogP contribution in [0.3, 0.4) is 0 Å². The fraction of sp³-hybridized carbons (Fsp3) is 0.474. The first-order chi connectivity index (χ1) is 12.7. The van der Waals surface area contributed by atoms with Gasteiger partial charge in [0.05, 0.1) is 5.02 Å². The molecule has 0 unspecified atom stereocenters. The SMILES string of the molecule is CC(C)(C)OC(=O)c1cc2c(Cl)c(OC(=O)N3CCCNCC3)ccc2o1. The Hall–Kier alpha value is -2.25. The Morgan fingerprint density at radius 1 is 1.22 bits per heavy atom. The monoisotopic (exact) mass is 394 g/mol. The van der Waals surface area contributed by atoms with Gasteiger partial charge in [-0.25, -0.2) is 9.59 Å². The number of halogens is 1. The molecule has 0 spiro atoms. The topological polar surface area (TPSA) is 81.0 Å². The van der Waals surface area contributed by atoms with E-state index in [1.54, 1.807) is 37.8 Å². The predicted octanol–water partition coefficient (Wildman–Crippen LogP) is 3.84. The van der Waals surface area contributed by atoms with Crippen LogP contribution in [0.2, 0.25) is 5.02 Å². The first-order valence-electron chi connectivity index (χ1n) is 8.87. The second kappa shape index (κ2) is 7.78. The van der Waals surface area contributed by atoms with Gasteiger partial charge in [-0.2, -0.15) is 0 Å². The number of hydrogen-bond acceptors (Lipinski definition) is 6. The summed E-state index contributed by atoms with van der Waals surface area (Å²) in [5.41, 5.74) is -0.220. The largest absolute Gasteiger partial charge is 0.454 e. The van der Waals surface area contributed by atoms with E-state index in [9.17, 15) is 9.59 Å². The number of nitrogens with one attached hydrogen (secondary N) is 1. The minimum atomic E-state index is -0.636. The number of carbonyl (C=O) groups excluding carboxylic acids is 2. The summed E-state index contributed by atoms with van der Waals surface area (Å²) in [7, 11) is 0. The maximum Gasteiger partial charge on any atom is 0.415 e. The minimum absolute atomic E-state index is 0.0453. The molecule has 1 saturated heterocycles. The van der Waals surface area contributed by atoms with E-state index in [0.717, 1.165) is 19.5 Å². The van der Waals surface area contributed by atoms with Crippen molar-refractivity contribution < 1.29 is 23.5 Å². The molecule has 2 aromatic rings. The predicted molar refractivity (Wildman–Crippen MR) is 101 cm³/mol. The second-order valence-corrected chi connectivity index (χ2v) is 7.74. The van der Waals surface area contributed by atoms with Gasteiger partial charge in [0, 0.05) is 31.1 Å². The molecule has 0 aliphatic carbocycles. The van der Waals surface area contributed by atoms with Crippen molar-refractivity contribution in [2.75, 3.05) is 26.2 Å². The van der Waals surface area contributed by atoms with Gasteiger partial charge in [0.25, 0.3) is 0 Å². The number of benzene rings is 1. The van der Waals surface area contributed by atoms with Gasteiger partial charge in [0.2, 0.25) is 5.76 Å². The fourth-order valence-corrected chi connectivity index (χ4v) is 3.00. The summed E-state index contributed by atoms with van der Waals surface area (Å²) in [6.45, 7) is 8.12. The summed E-state index contributed by atoms with van der Waals surface area (Å²) in [4.78, 5) is 26.2. The molecular weight excluding hydrogens is 372 g/mol. The molecule has 0 atom stereocenters. The number of furan rings is 1. The van der Waals surface area contributed by atoms with Gasteiger partial charge in [-0.15, -0.1) is 0 Å². The smallest absolute Gasteiger partial charge is 0.415 e. The zero-order valence-electron chi connectivity index (χ0n) is 15.6. The highest BCUT2D eigenvalue weighted by molar-refractivity contribution is 6.37. The molecule has 3 rings (SSSR count). The number of fused-ring (bicyclic) bond motifs is 1. The summed E-state index contributed by atoms with van der Waals surface area (Å²) >= 11 is 6.39. The van der Waals surface area contributed by atoms with Crippen molar-refractivity contribution in [1.82, 2.24) is 10.2 Å². The van der Waals surface area contributed by atoms with E-state index in [-0.39, 0.29) is 16.5 Å². The van der Waals surface area contributed by atoms with Crippen molar-refractivity contribution in [3.05, 3.63) is 29.0 Å².